The van der Waals surface area contributed by atoms with Crippen LogP contribution in [0.5, 0.6) is 0 Å². The fraction of sp³-hybridized carbons (Fsp3) is 0.258. The molecule has 6 aromatic rings. The zero-order valence-corrected chi connectivity index (χ0v) is 22.5. The highest BCUT2D eigenvalue weighted by atomic mass is 19.1. The van der Waals surface area contributed by atoms with Gasteiger partial charge >= 0.3 is 0 Å². The van der Waals surface area contributed by atoms with E-state index in [1.165, 1.54) is 37.8 Å². The smallest absolute Gasteiger partial charge is 0.181 e. The zero-order chi connectivity index (χ0) is 27.8. The number of imidazole rings is 1. The fourth-order valence-electron chi connectivity index (χ4n) is 5.80. The second-order valence-electron chi connectivity index (χ2n) is 10.8. The van der Waals surface area contributed by atoms with Crippen molar-refractivity contribution in [3.8, 4) is 33.8 Å². The minimum atomic E-state index is -0.350. The van der Waals surface area contributed by atoms with Gasteiger partial charge in [0.05, 0.1) is 22.6 Å². The maximum absolute atomic E-state index is 14.3. The molecular weight excluding hydrogens is 517 g/mol. The fourth-order valence-corrected chi connectivity index (χ4v) is 5.80. The summed E-state index contributed by atoms with van der Waals surface area (Å²) in [4.78, 5) is 21.7. The second-order valence-corrected chi connectivity index (χ2v) is 10.8. The predicted octanol–water partition coefficient (Wildman–Crippen LogP) is 5.50. The summed E-state index contributed by atoms with van der Waals surface area (Å²) < 4.78 is 14.3. The summed E-state index contributed by atoms with van der Waals surface area (Å²) in [6.45, 7) is 2.08. The van der Waals surface area contributed by atoms with Gasteiger partial charge in [-0.3, -0.25) is 15.1 Å². The van der Waals surface area contributed by atoms with Crippen LogP contribution >= 0.6 is 0 Å². The molecule has 1 fully saturated rings. The van der Waals surface area contributed by atoms with Crippen molar-refractivity contribution in [1.82, 2.24) is 40.4 Å². The molecule has 10 heteroatoms. The Hall–Kier alpha value is -4.54. The second kappa shape index (κ2) is 10.8. The molecule has 1 aliphatic carbocycles. The van der Waals surface area contributed by atoms with E-state index in [1.54, 1.807) is 12.4 Å². The van der Waals surface area contributed by atoms with Gasteiger partial charge < -0.3 is 16.0 Å². The average Bonchev–Trinajstić information content (AvgIpc) is 3.76. The van der Waals surface area contributed by atoms with Gasteiger partial charge in [-0.15, -0.1) is 0 Å². The predicted molar refractivity (Wildman–Crippen MR) is 157 cm³/mol. The average molecular weight is 548 g/mol. The van der Waals surface area contributed by atoms with Crippen molar-refractivity contribution in [2.24, 2.45) is 11.7 Å². The minimum absolute atomic E-state index is 0.241. The number of nitrogens with one attached hydrogen (secondary N) is 3. The van der Waals surface area contributed by atoms with E-state index in [4.69, 9.17) is 10.7 Å². The Labute approximate surface area is 235 Å². The standard InChI is InChI=1S/C31H30FN9/c32-24-7-19(10-33)5-21(8-24)26-16-36-17-27-28(26)39-31(38-27)29-25-9-23(15-37-30(25)41-40-29)22-6-20(13-35-14-22)12-34-11-18-3-1-2-4-18/h5-9,13-18,34H,1-4,10-12,33H2,(H,38,39)(H,37,40,41). The number of H-pyrrole nitrogens is 2. The Kier molecular flexibility index (Phi) is 6.69. The number of nitrogens with zero attached hydrogens (tertiary/aromatic N) is 5. The first-order chi connectivity index (χ1) is 20.1. The molecule has 0 saturated heterocycles. The van der Waals surface area contributed by atoms with Gasteiger partial charge in [-0.2, -0.15) is 5.10 Å². The molecule has 0 aliphatic heterocycles. The molecule has 0 spiro atoms. The number of benzene rings is 1. The van der Waals surface area contributed by atoms with Crippen LogP contribution in [0.3, 0.4) is 0 Å². The van der Waals surface area contributed by atoms with Gasteiger partial charge in [0.2, 0.25) is 0 Å². The summed E-state index contributed by atoms with van der Waals surface area (Å²) >= 11 is 0. The van der Waals surface area contributed by atoms with Crippen molar-refractivity contribution >= 4 is 22.1 Å². The first kappa shape index (κ1) is 25.4. The number of nitrogens with two attached hydrogens (primary N) is 1. The monoisotopic (exact) mass is 547 g/mol. The zero-order valence-electron chi connectivity index (χ0n) is 22.5. The highest BCUT2D eigenvalue weighted by molar-refractivity contribution is 5.96. The maximum Gasteiger partial charge on any atom is 0.181 e. The Bertz CT molecular complexity index is 1850. The third-order valence-electron chi connectivity index (χ3n) is 7.91. The molecule has 5 heterocycles. The summed E-state index contributed by atoms with van der Waals surface area (Å²) in [5, 5.41) is 11.9. The van der Waals surface area contributed by atoms with Crippen molar-refractivity contribution in [2.75, 3.05) is 6.54 Å². The van der Waals surface area contributed by atoms with Crippen LogP contribution in [0.2, 0.25) is 0 Å². The van der Waals surface area contributed by atoms with E-state index >= 15 is 0 Å². The quantitative estimate of drug-likeness (QED) is 0.198. The number of pyridine rings is 3. The van der Waals surface area contributed by atoms with Crippen LogP contribution in [-0.2, 0) is 13.1 Å². The van der Waals surface area contributed by atoms with Crippen molar-refractivity contribution in [3.63, 3.8) is 0 Å². The van der Waals surface area contributed by atoms with E-state index in [2.05, 4.69) is 47.6 Å². The van der Waals surface area contributed by atoms with Crippen LogP contribution in [0.4, 0.5) is 4.39 Å². The number of aromatic nitrogens is 7. The van der Waals surface area contributed by atoms with E-state index in [1.807, 2.05) is 24.7 Å². The molecule has 0 amide bonds. The third kappa shape index (κ3) is 5.07. The highest BCUT2D eigenvalue weighted by Gasteiger charge is 2.18. The number of hydrogen-bond donors (Lipinski definition) is 4. The van der Waals surface area contributed by atoms with Crippen LogP contribution in [0.25, 0.3) is 55.8 Å². The summed E-state index contributed by atoms with van der Waals surface area (Å²) in [5.74, 6) is 1.03. The molecule has 5 aromatic heterocycles. The molecule has 206 valence electrons. The molecule has 1 saturated carbocycles. The number of rotatable bonds is 8. The largest absolute Gasteiger partial charge is 0.335 e. The lowest BCUT2D eigenvalue weighted by molar-refractivity contribution is 0.489. The van der Waals surface area contributed by atoms with E-state index in [0.717, 1.165) is 46.6 Å². The molecule has 9 nitrogen and oxygen atoms in total. The molecule has 0 atom stereocenters. The van der Waals surface area contributed by atoms with E-state index in [0.29, 0.717) is 39.4 Å². The first-order valence-electron chi connectivity index (χ1n) is 14.0. The molecule has 0 unspecified atom stereocenters. The van der Waals surface area contributed by atoms with E-state index < -0.39 is 0 Å². The molecule has 7 rings (SSSR count). The molecule has 5 N–H and O–H groups in total. The molecule has 0 radical (unpaired) electrons. The molecule has 0 bridgehead atoms. The van der Waals surface area contributed by atoms with Gasteiger partial charge in [0.1, 0.15) is 11.5 Å². The van der Waals surface area contributed by atoms with Crippen LogP contribution in [0.1, 0.15) is 36.8 Å². The number of hydrogen-bond acceptors (Lipinski definition) is 7. The summed E-state index contributed by atoms with van der Waals surface area (Å²) in [6.07, 6.45) is 14.3. The van der Waals surface area contributed by atoms with Crippen LogP contribution in [0, 0.1) is 11.7 Å². The van der Waals surface area contributed by atoms with E-state index in [-0.39, 0.29) is 12.4 Å². The lowest BCUT2D eigenvalue weighted by atomic mass is 10.0. The molecule has 1 aromatic carbocycles. The number of fused-ring (bicyclic) bond motifs is 2. The van der Waals surface area contributed by atoms with Crippen molar-refractivity contribution in [2.45, 2.75) is 38.8 Å². The van der Waals surface area contributed by atoms with Gasteiger partial charge in [0.25, 0.3) is 0 Å². The Balaban J connectivity index is 1.21. The van der Waals surface area contributed by atoms with Gasteiger partial charge in [-0.1, -0.05) is 12.8 Å². The van der Waals surface area contributed by atoms with Crippen molar-refractivity contribution in [3.05, 3.63) is 78.3 Å². The Morgan fingerprint density at radius 2 is 1.73 bits per heavy atom. The number of aromatic amines is 2. The van der Waals surface area contributed by atoms with Crippen LogP contribution in [0.15, 0.2) is 61.3 Å². The molecule has 41 heavy (non-hydrogen) atoms. The minimum Gasteiger partial charge on any atom is -0.335 e. The van der Waals surface area contributed by atoms with Crippen LogP contribution < -0.4 is 11.1 Å². The third-order valence-corrected chi connectivity index (χ3v) is 7.91. The van der Waals surface area contributed by atoms with E-state index in [9.17, 15) is 4.39 Å². The van der Waals surface area contributed by atoms with Gasteiger partial charge in [0, 0.05) is 54.6 Å². The van der Waals surface area contributed by atoms with Crippen LogP contribution in [-0.4, -0.2) is 41.7 Å². The van der Waals surface area contributed by atoms with Crippen molar-refractivity contribution in [1.29, 1.82) is 0 Å². The molecule has 1 aliphatic rings. The lowest BCUT2D eigenvalue weighted by Crippen LogP contribution is -2.20. The molecular formula is C31H30FN9. The Morgan fingerprint density at radius 3 is 2.61 bits per heavy atom. The summed E-state index contributed by atoms with van der Waals surface area (Å²) in [6, 6.07) is 8.98. The summed E-state index contributed by atoms with van der Waals surface area (Å²) in [5.41, 5.74) is 13.6. The summed E-state index contributed by atoms with van der Waals surface area (Å²) in [7, 11) is 0. The lowest BCUT2D eigenvalue weighted by Gasteiger charge is -2.11. The SMILES string of the molecule is NCc1cc(F)cc(-c2cncc3[nH]c(-c4[nH]nc5ncc(-c6cncc(CNCC7CCCC7)c6)cc45)nc23)c1. The van der Waals surface area contributed by atoms with Gasteiger partial charge in [-0.05, 0) is 72.3 Å². The maximum atomic E-state index is 14.3. The highest BCUT2D eigenvalue weighted by Crippen LogP contribution is 2.33. The first-order valence-corrected chi connectivity index (χ1v) is 14.0. The normalized spacial score (nSPS) is 14.0. The van der Waals surface area contributed by atoms with Crippen molar-refractivity contribution < 1.29 is 4.39 Å². The van der Waals surface area contributed by atoms with Gasteiger partial charge in [-0.25, -0.2) is 14.4 Å². The van der Waals surface area contributed by atoms with Gasteiger partial charge in [0.15, 0.2) is 11.5 Å². The number of halogens is 1. The Morgan fingerprint density at radius 1 is 0.902 bits per heavy atom. The topological polar surface area (TPSA) is 134 Å².